The van der Waals surface area contributed by atoms with Crippen LogP contribution in [0.5, 0.6) is 6.01 Å². The standard InChI is InChI=1S/C24H22N4O4/c1-13-8-17(14(2)27-20-7-5-4-6-16(20)23(30)31)18-10-21(15-11-25-24(32)26-12-15)28(3)22(29)19(18)9-13/h4-12,14,27H,1-3H3,(H,30,31)(H,25,26,32). The van der Waals surface area contributed by atoms with E-state index in [1.165, 1.54) is 17.0 Å². The number of carboxylic acid groups (broad SMARTS) is 1. The zero-order valence-electron chi connectivity index (χ0n) is 17.8. The molecule has 0 aliphatic rings. The van der Waals surface area contributed by atoms with Crippen molar-refractivity contribution in [2.24, 2.45) is 7.05 Å². The first-order valence-corrected chi connectivity index (χ1v) is 10.0. The van der Waals surface area contributed by atoms with Gasteiger partial charge in [0, 0.05) is 42.1 Å². The fourth-order valence-corrected chi connectivity index (χ4v) is 3.88. The topological polar surface area (TPSA) is 117 Å². The molecule has 2 aromatic heterocycles. The molecule has 0 aliphatic heterocycles. The quantitative estimate of drug-likeness (QED) is 0.440. The smallest absolute Gasteiger partial charge is 0.337 e. The van der Waals surface area contributed by atoms with Crippen LogP contribution in [0, 0.1) is 6.92 Å². The molecule has 0 aliphatic carbocycles. The Morgan fingerprint density at radius 1 is 1.09 bits per heavy atom. The van der Waals surface area contributed by atoms with E-state index in [9.17, 15) is 19.8 Å². The zero-order chi connectivity index (χ0) is 23.0. The van der Waals surface area contributed by atoms with Gasteiger partial charge < -0.3 is 20.1 Å². The lowest BCUT2D eigenvalue weighted by molar-refractivity contribution is 0.0698. The average molecular weight is 430 g/mol. The molecule has 0 radical (unpaired) electrons. The summed E-state index contributed by atoms with van der Waals surface area (Å²) in [5.74, 6) is -1.02. The van der Waals surface area contributed by atoms with Gasteiger partial charge in [-0.15, -0.1) is 0 Å². The molecule has 0 spiro atoms. The minimum absolute atomic E-state index is 0.173. The van der Waals surface area contributed by atoms with Crippen LogP contribution < -0.4 is 10.9 Å². The molecule has 1 atom stereocenters. The number of hydrogen-bond acceptors (Lipinski definition) is 6. The van der Waals surface area contributed by atoms with Crippen molar-refractivity contribution in [1.29, 1.82) is 0 Å². The van der Waals surface area contributed by atoms with E-state index in [1.54, 1.807) is 31.3 Å². The molecule has 4 rings (SSSR count). The molecule has 0 bridgehead atoms. The van der Waals surface area contributed by atoms with Gasteiger partial charge in [0.1, 0.15) is 0 Å². The van der Waals surface area contributed by atoms with Crippen LogP contribution in [0.25, 0.3) is 22.0 Å². The number of carboxylic acids is 1. The van der Waals surface area contributed by atoms with Crippen molar-refractivity contribution in [3.8, 4) is 17.3 Å². The first-order valence-electron chi connectivity index (χ1n) is 10.0. The van der Waals surface area contributed by atoms with Crippen LogP contribution in [0.3, 0.4) is 0 Å². The van der Waals surface area contributed by atoms with Gasteiger partial charge in [-0.2, -0.15) is 0 Å². The Labute approximate surface area is 183 Å². The summed E-state index contributed by atoms with van der Waals surface area (Å²) in [6.45, 7) is 3.84. The normalized spacial score (nSPS) is 12.0. The molecule has 3 N–H and O–H groups in total. The Morgan fingerprint density at radius 3 is 2.47 bits per heavy atom. The molecule has 0 saturated carbocycles. The fraction of sp³-hybridized carbons (Fsp3) is 0.167. The highest BCUT2D eigenvalue weighted by Crippen LogP contribution is 2.31. The maximum absolute atomic E-state index is 13.2. The SMILES string of the molecule is Cc1cc(C(C)Nc2ccccc2C(=O)O)c2cc(-c3cnc(O)nc3)n(C)c(=O)c2c1. The summed E-state index contributed by atoms with van der Waals surface area (Å²) in [6, 6.07) is 11.8. The van der Waals surface area contributed by atoms with Gasteiger partial charge in [-0.3, -0.25) is 4.79 Å². The van der Waals surface area contributed by atoms with Crippen molar-refractivity contribution in [3.63, 3.8) is 0 Å². The van der Waals surface area contributed by atoms with Crippen molar-refractivity contribution in [2.75, 3.05) is 5.32 Å². The molecule has 2 heterocycles. The summed E-state index contributed by atoms with van der Waals surface area (Å²) < 4.78 is 1.53. The highest BCUT2D eigenvalue weighted by atomic mass is 16.4. The van der Waals surface area contributed by atoms with Crippen LogP contribution in [0.15, 0.2) is 59.7 Å². The molecule has 8 nitrogen and oxygen atoms in total. The zero-order valence-corrected chi connectivity index (χ0v) is 17.8. The van der Waals surface area contributed by atoms with Crippen molar-refractivity contribution in [2.45, 2.75) is 19.9 Å². The third-order valence-electron chi connectivity index (χ3n) is 5.46. The van der Waals surface area contributed by atoms with Gasteiger partial charge in [-0.1, -0.05) is 18.2 Å². The summed E-state index contributed by atoms with van der Waals surface area (Å²) in [6.07, 6.45) is 2.92. The summed E-state index contributed by atoms with van der Waals surface area (Å²) in [7, 11) is 1.68. The Kier molecular flexibility index (Phi) is 5.36. The molecule has 8 heteroatoms. The van der Waals surface area contributed by atoms with E-state index < -0.39 is 5.97 Å². The van der Waals surface area contributed by atoms with Gasteiger partial charge in [-0.25, -0.2) is 14.8 Å². The molecule has 0 fully saturated rings. The largest absolute Gasteiger partial charge is 0.479 e. The lowest BCUT2D eigenvalue weighted by atomic mass is 9.96. The number of aromatic nitrogens is 3. The number of rotatable bonds is 5. The predicted molar refractivity (Wildman–Crippen MR) is 122 cm³/mol. The van der Waals surface area contributed by atoms with Crippen molar-refractivity contribution < 1.29 is 15.0 Å². The van der Waals surface area contributed by atoms with Crippen molar-refractivity contribution in [1.82, 2.24) is 14.5 Å². The number of nitrogens with one attached hydrogen (secondary N) is 1. The summed E-state index contributed by atoms with van der Waals surface area (Å²) in [4.78, 5) is 32.4. The number of fused-ring (bicyclic) bond motifs is 1. The number of carbonyl (C=O) groups is 1. The van der Waals surface area contributed by atoms with E-state index in [4.69, 9.17) is 0 Å². The Balaban J connectivity index is 1.89. The molecule has 0 saturated heterocycles. The van der Waals surface area contributed by atoms with Gasteiger partial charge in [0.15, 0.2) is 0 Å². The maximum atomic E-state index is 13.2. The lowest BCUT2D eigenvalue weighted by Gasteiger charge is -2.21. The van der Waals surface area contributed by atoms with Crippen LogP contribution in [0.1, 0.15) is 34.5 Å². The second-order valence-corrected chi connectivity index (χ2v) is 7.70. The average Bonchev–Trinajstić information content (AvgIpc) is 2.77. The number of aryl methyl sites for hydroxylation is 1. The Hall–Kier alpha value is -4.20. The van der Waals surface area contributed by atoms with Gasteiger partial charge in [-0.05, 0) is 54.6 Å². The molecule has 32 heavy (non-hydrogen) atoms. The Morgan fingerprint density at radius 2 is 1.78 bits per heavy atom. The molecular weight excluding hydrogens is 408 g/mol. The number of pyridine rings is 1. The highest BCUT2D eigenvalue weighted by molar-refractivity contribution is 5.94. The summed E-state index contributed by atoms with van der Waals surface area (Å²) >= 11 is 0. The molecule has 4 aromatic rings. The number of nitrogens with zero attached hydrogens (tertiary/aromatic N) is 3. The van der Waals surface area contributed by atoms with E-state index in [-0.39, 0.29) is 23.2 Å². The number of aromatic hydroxyl groups is 1. The van der Waals surface area contributed by atoms with Crippen molar-refractivity contribution in [3.05, 3.63) is 81.9 Å². The molecule has 162 valence electrons. The number of benzene rings is 2. The van der Waals surface area contributed by atoms with E-state index in [0.717, 1.165) is 16.5 Å². The first kappa shape index (κ1) is 21.0. The minimum atomic E-state index is -1.02. The molecule has 1 unspecified atom stereocenters. The first-order chi connectivity index (χ1) is 15.3. The third kappa shape index (κ3) is 3.78. The number of hydrogen-bond donors (Lipinski definition) is 3. The van der Waals surface area contributed by atoms with E-state index in [0.29, 0.717) is 22.3 Å². The van der Waals surface area contributed by atoms with Gasteiger partial charge in [0.25, 0.3) is 5.56 Å². The summed E-state index contributed by atoms with van der Waals surface area (Å²) in [5, 5.41) is 23.5. The number of aromatic carboxylic acids is 1. The second kappa shape index (κ2) is 8.14. The fourth-order valence-electron chi connectivity index (χ4n) is 3.88. The maximum Gasteiger partial charge on any atom is 0.337 e. The third-order valence-corrected chi connectivity index (χ3v) is 5.46. The van der Waals surface area contributed by atoms with Crippen LogP contribution in [-0.4, -0.2) is 30.7 Å². The van der Waals surface area contributed by atoms with Crippen LogP contribution in [0.2, 0.25) is 0 Å². The predicted octanol–water partition coefficient (Wildman–Crippen LogP) is 3.88. The van der Waals surface area contributed by atoms with Gasteiger partial charge >= 0.3 is 12.0 Å². The monoisotopic (exact) mass is 430 g/mol. The molecular formula is C24H22N4O4. The lowest BCUT2D eigenvalue weighted by Crippen LogP contribution is -2.20. The minimum Gasteiger partial charge on any atom is -0.479 e. The second-order valence-electron chi connectivity index (χ2n) is 7.70. The van der Waals surface area contributed by atoms with E-state index in [2.05, 4.69) is 15.3 Å². The van der Waals surface area contributed by atoms with Gasteiger partial charge in [0.2, 0.25) is 0 Å². The number of anilines is 1. The van der Waals surface area contributed by atoms with Crippen LogP contribution >= 0.6 is 0 Å². The summed E-state index contributed by atoms with van der Waals surface area (Å²) in [5.41, 5.74) is 3.48. The van der Waals surface area contributed by atoms with E-state index >= 15 is 0 Å². The van der Waals surface area contributed by atoms with Gasteiger partial charge in [0.05, 0.1) is 11.3 Å². The molecule has 0 amide bonds. The van der Waals surface area contributed by atoms with Crippen LogP contribution in [0.4, 0.5) is 5.69 Å². The molecule has 2 aromatic carbocycles. The highest BCUT2D eigenvalue weighted by Gasteiger charge is 2.18. The Bertz CT molecular complexity index is 1390. The van der Waals surface area contributed by atoms with Crippen LogP contribution in [-0.2, 0) is 7.05 Å². The van der Waals surface area contributed by atoms with E-state index in [1.807, 2.05) is 32.0 Å². The van der Waals surface area contributed by atoms with Crippen molar-refractivity contribution >= 4 is 22.4 Å². The number of para-hydroxylation sites is 1.